The first-order chi connectivity index (χ1) is 14.8. The molecule has 4 amide bonds. The number of amides is 4. The molecule has 182 valence electrons. The van der Waals surface area contributed by atoms with Crippen LogP contribution in [0.4, 0.5) is 0 Å². The lowest BCUT2D eigenvalue weighted by molar-refractivity contribution is -0.141. The lowest BCUT2D eigenvalue weighted by Crippen LogP contribution is -2.58. The Labute approximate surface area is 190 Å². The smallest absolute Gasteiger partial charge is 0.327 e. The number of primary amides is 1. The van der Waals surface area contributed by atoms with Gasteiger partial charge < -0.3 is 37.6 Å². The Hall–Kier alpha value is -2.87. The average molecular weight is 478 g/mol. The highest BCUT2D eigenvalue weighted by Crippen LogP contribution is 2.07. The van der Waals surface area contributed by atoms with Crippen LogP contribution in [0.15, 0.2) is 0 Å². The van der Waals surface area contributed by atoms with E-state index in [0.29, 0.717) is 6.42 Å². The first-order valence-electron chi connectivity index (χ1n) is 9.84. The number of rotatable bonds is 15. The van der Waals surface area contributed by atoms with Crippen LogP contribution in [0.3, 0.4) is 0 Å². The van der Waals surface area contributed by atoms with Crippen molar-refractivity contribution in [1.82, 2.24) is 16.0 Å². The zero-order valence-corrected chi connectivity index (χ0v) is 18.8. The highest BCUT2D eigenvalue weighted by molar-refractivity contribution is 7.80. The first-order valence-corrected chi connectivity index (χ1v) is 10.5. The normalized spacial score (nSPS) is 15.4. The quantitative estimate of drug-likeness (QED) is 0.117. The van der Waals surface area contributed by atoms with Crippen LogP contribution >= 0.6 is 12.6 Å². The van der Waals surface area contributed by atoms with Gasteiger partial charge in [-0.15, -0.1) is 0 Å². The molecule has 0 saturated heterocycles. The fraction of sp³-hybridized carbons (Fsp3) is 0.667. The van der Waals surface area contributed by atoms with Gasteiger partial charge in [-0.1, -0.05) is 20.3 Å². The predicted molar refractivity (Wildman–Crippen MR) is 115 cm³/mol. The number of carboxylic acids is 2. The van der Waals surface area contributed by atoms with Gasteiger partial charge >= 0.3 is 11.9 Å². The van der Waals surface area contributed by atoms with Gasteiger partial charge in [-0.25, -0.2) is 4.79 Å². The summed E-state index contributed by atoms with van der Waals surface area (Å²) in [5.41, 5.74) is 10.9. The third kappa shape index (κ3) is 10.4. The van der Waals surface area contributed by atoms with Gasteiger partial charge in [-0.2, -0.15) is 12.6 Å². The standard InChI is InChI=1S/C18H31N5O8S/c1-3-8(2)14(20)17(29)21-9(4-5-13(25)26)15(27)22-10(6-12(19)24)16(28)23-11(7-32)18(30)31/h8-11,14,32H,3-7,20H2,1-2H3,(H2,19,24)(H,21,29)(H,22,27)(H,23,28)(H,25,26)(H,30,31). The van der Waals surface area contributed by atoms with Crippen LogP contribution in [0.5, 0.6) is 0 Å². The Morgan fingerprint density at radius 3 is 1.84 bits per heavy atom. The van der Waals surface area contributed by atoms with Crippen LogP contribution < -0.4 is 27.4 Å². The number of nitrogens with one attached hydrogen (secondary N) is 3. The highest BCUT2D eigenvalue weighted by Gasteiger charge is 2.31. The number of carbonyl (C=O) groups excluding carboxylic acids is 4. The van der Waals surface area contributed by atoms with E-state index in [1.807, 2.05) is 6.92 Å². The zero-order valence-electron chi connectivity index (χ0n) is 17.9. The van der Waals surface area contributed by atoms with E-state index in [2.05, 4.69) is 28.6 Å². The molecule has 14 heteroatoms. The zero-order chi connectivity index (χ0) is 25.0. The third-order valence-corrected chi connectivity index (χ3v) is 5.04. The van der Waals surface area contributed by atoms with Crippen molar-refractivity contribution in [2.45, 2.75) is 63.7 Å². The Morgan fingerprint density at radius 1 is 0.906 bits per heavy atom. The monoisotopic (exact) mass is 477 g/mol. The van der Waals surface area contributed by atoms with Crippen LogP contribution in [0.2, 0.25) is 0 Å². The molecule has 0 bridgehead atoms. The molecule has 0 aromatic rings. The van der Waals surface area contributed by atoms with Crippen molar-refractivity contribution in [1.29, 1.82) is 0 Å². The van der Waals surface area contributed by atoms with Crippen LogP contribution in [0, 0.1) is 5.92 Å². The van der Waals surface area contributed by atoms with Gasteiger partial charge in [0.2, 0.25) is 23.6 Å². The molecule has 0 aliphatic rings. The minimum atomic E-state index is -1.56. The molecule has 5 atom stereocenters. The molecule has 5 unspecified atom stereocenters. The van der Waals surface area contributed by atoms with Crippen molar-refractivity contribution in [3.05, 3.63) is 0 Å². The lowest BCUT2D eigenvalue weighted by Gasteiger charge is -2.25. The Kier molecular flexibility index (Phi) is 13.0. The van der Waals surface area contributed by atoms with Crippen molar-refractivity contribution >= 4 is 48.2 Å². The molecule has 0 radical (unpaired) electrons. The summed E-state index contributed by atoms with van der Waals surface area (Å²) in [6.45, 7) is 3.54. The van der Waals surface area contributed by atoms with Gasteiger partial charge in [0.05, 0.1) is 12.5 Å². The molecule has 13 nitrogen and oxygen atoms in total. The topological polar surface area (TPSA) is 231 Å². The summed E-state index contributed by atoms with van der Waals surface area (Å²) in [5, 5.41) is 24.6. The number of carboxylic acid groups (broad SMARTS) is 2. The molecule has 0 heterocycles. The summed E-state index contributed by atoms with van der Waals surface area (Å²) in [5.74, 6) is -6.73. The highest BCUT2D eigenvalue weighted by atomic mass is 32.1. The van der Waals surface area contributed by atoms with Crippen molar-refractivity contribution in [3.63, 3.8) is 0 Å². The molecule has 0 fully saturated rings. The van der Waals surface area contributed by atoms with Gasteiger partial charge in [0, 0.05) is 12.2 Å². The maximum absolute atomic E-state index is 12.7. The van der Waals surface area contributed by atoms with Gasteiger partial charge in [-0.05, 0) is 12.3 Å². The largest absolute Gasteiger partial charge is 0.481 e. The fourth-order valence-electron chi connectivity index (χ4n) is 2.46. The van der Waals surface area contributed by atoms with Crippen LogP contribution in [0.25, 0.3) is 0 Å². The van der Waals surface area contributed by atoms with Crippen LogP contribution in [-0.4, -0.2) is 75.7 Å². The summed E-state index contributed by atoms with van der Waals surface area (Å²) >= 11 is 3.81. The summed E-state index contributed by atoms with van der Waals surface area (Å²) in [6, 6.07) is -5.29. The number of hydrogen-bond donors (Lipinski definition) is 8. The number of thiol groups is 1. The number of carbonyl (C=O) groups is 6. The maximum atomic E-state index is 12.7. The Balaban J connectivity index is 5.54. The molecule has 0 spiro atoms. The van der Waals surface area contributed by atoms with E-state index < -0.39 is 72.6 Å². The molecule has 0 rings (SSSR count). The molecule has 9 N–H and O–H groups in total. The van der Waals surface area contributed by atoms with Gasteiger partial charge in [0.25, 0.3) is 0 Å². The molecule has 32 heavy (non-hydrogen) atoms. The van der Waals surface area contributed by atoms with E-state index in [1.54, 1.807) is 6.92 Å². The van der Waals surface area contributed by atoms with E-state index in [0.717, 1.165) is 0 Å². The second kappa shape index (κ2) is 14.2. The number of nitrogens with two attached hydrogens (primary N) is 2. The second-order valence-electron chi connectivity index (χ2n) is 7.22. The molecular weight excluding hydrogens is 446 g/mol. The second-order valence-corrected chi connectivity index (χ2v) is 7.58. The van der Waals surface area contributed by atoms with Crippen molar-refractivity contribution in [3.8, 4) is 0 Å². The maximum Gasteiger partial charge on any atom is 0.327 e. The third-order valence-electron chi connectivity index (χ3n) is 4.68. The summed E-state index contributed by atoms with van der Waals surface area (Å²) < 4.78 is 0. The van der Waals surface area contributed by atoms with Crippen LogP contribution in [-0.2, 0) is 28.8 Å². The van der Waals surface area contributed by atoms with Crippen molar-refractivity contribution < 1.29 is 39.0 Å². The molecule has 0 aromatic heterocycles. The fourth-order valence-corrected chi connectivity index (χ4v) is 2.70. The summed E-state index contributed by atoms with van der Waals surface area (Å²) in [7, 11) is 0. The van der Waals surface area contributed by atoms with E-state index in [4.69, 9.17) is 21.7 Å². The Morgan fingerprint density at radius 2 is 1.41 bits per heavy atom. The van der Waals surface area contributed by atoms with Gasteiger partial charge in [-0.3, -0.25) is 24.0 Å². The van der Waals surface area contributed by atoms with E-state index in [1.165, 1.54) is 0 Å². The molecule has 0 aromatic carbocycles. The van der Waals surface area contributed by atoms with Gasteiger partial charge in [0.15, 0.2) is 0 Å². The number of aliphatic carboxylic acids is 2. The van der Waals surface area contributed by atoms with E-state index in [9.17, 15) is 28.8 Å². The van der Waals surface area contributed by atoms with E-state index in [-0.39, 0.29) is 18.1 Å². The minimum absolute atomic E-state index is 0.222. The van der Waals surface area contributed by atoms with Crippen molar-refractivity contribution in [2.75, 3.05) is 5.75 Å². The van der Waals surface area contributed by atoms with Gasteiger partial charge in [0.1, 0.15) is 18.1 Å². The summed E-state index contributed by atoms with van der Waals surface area (Å²) in [6.07, 6.45) is -0.885. The SMILES string of the molecule is CCC(C)C(N)C(=O)NC(CCC(=O)O)C(=O)NC(CC(N)=O)C(=O)NC(CS)C(=O)O. The summed E-state index contributed by atoms with van der Waals surface area (Å²) in [4.78, 5) is 70.9. The predicted octanol–water partition coefficient (Wildman–Crippen LogP) is -2.43. The molecule has 0 aliphatic heterocycles. The molecule has 0 aliphatic carbocycles. The van der Waals surface area contributed by atoms with E-state index >= 15 is 0 Å². The van der Waals surface area contributed by atoms with Crippen molar-refractivity contribution in [2.24, 2.45) is 17.4 Å². The first kappa shape index (κ1) is 29.1. The average Bonchev–Trinajstić information content (AvgIpc) is 2.71. The Bertz CT molecular complexity index is 719. The molecule has 0 saturated carbocycles. The number of hydrogen-bond acceptors (Lipinski definition) is 8. The lowest BCUT2D eigenvalue weighted by atomic mass is 9.98. The van der Waals surface area contributed by atoms with Crippen LogP contribution in [0.1, 0.15) is 39.5 Å². The minimum Gasteiger partial charge on any atom is -0.481 e. The molecular formula is C18H31N5O8S.